The fourth-order valence-electron chi connectivity index (χ4n) is 3.94. The number of piperidine rings is 1. The van der Waals surface area contributed by atoms with Crippen LogP contribution in [-0.2, 0) is 22.3 Å². The quantitative estimate of drug-likeness (QED) is 0.509. The van der Waals surface area contributed by atoms with Gasteiger partial charge in [0.15, 0.2) is 0 Å². The van der Waals surface area contributed by atoms with Gasteiger partial charge >= 0.3 is 0 Å². The zero-order chi connectivity index (χ0) is 20.7. The number of aromatic nitrogens is 4. The zero-order valence-electron chi connectivity index (χ0n) is 17.0. The maximum atomic E-state index is 13.0. The maximum Gasteiger partial charge on any atom is 0.277 e. The third-order valence-electron chi connectivity index (χ3n) is 5.74. The van der Waals surface area contributed by atoms with E-state index in [-0.39, 0.29) is 0 Å². The molecule has 0 radical (unpaired) electrons. The molecule has 0 bridgehead atoms. The van der Waals surface area contributed by atoms with E-state index in [1.807, 2.05) is 6.07 Å². The lowest BCUT2D eigenvalue weighted by molar-refractivity contribution is 0.346. The lowest BCUT2D eigenvalue weighted by Crippen LogP contribution is -2.35. The largest absolute Gasteiger partial charge is 0.416 e. The molecule has 3 heterocycles. The summed E-state index contributed by atoms with van der Waals surface area (Å²) >= 11 is 1.47. The molecule has 5 rings (SSSR count). The Labute approximate surface area is 180 Å². The van der Waals surface area contributed by atoms with E-state index in [0.717, 1.165) is 55.9 Å². The van der Waals surface area contributed by atoms with Crippen molar-refractivity contribution in [1.29, 1.82) is 0 Å². The number of thioether (sulfide) groups is 1. The van der Waals surface area contributed by atoms with E-state index < -0.39 is 10.0 Å². The maximum absolute atomic E-state index is 13.0. The third kappa shape index (κ3) is 3.76. The molecular formula is C20H25N5O3S2. The molecule has 160 valence electrons. The van der Waals surface area contributed by atoms with Crippen LogP contribution in [0.4, 0.5) is 0 Å². The predicted molar refractivity (Wildman–Crippen MR) is 114 cm³/mol. The fourth-order valence-corrected chi connectivity index (χ4v) is 6.19. The van der Waals surface area contributed by atoms with Crippen LogP contribution in [0.5, 0.6) is 0 Å². The topological polar surface area (TPSA) is 94.1 Å². The Balaban J connectivity index is 1.40. The van der Waals surface area contributed by atoms with Crippen LogP contribution in [0.15, 0.2) is 32.7 Å². The van der Waals surface area contributed by atoms with Gasteiger partial charge < -0.3 is 8.98 Å². The van der Waals surface area contributed by atoms with Crippen LogP contribution >= 0.6 is 11.8 Å². The van der Waals surface area contributed by atoms with Crippen molar-refractivity contribution in [3.05, 3.63) is 29.9 Å². The van der Waals surface area contributed by atoms with E-state index in [9.17, 15) is 8.42 Å². The molecule has 1 aliphatic heterocycles. The van der Waals surface area contributed by atoms with Crippen molar-refractivity contribution in [3.63, 3.8) is 0 Å². The predicted octanol–water partition coefficient (Wildman–Crippen LogP) is 3.78. The van der Waals surface area contributed by atoms with Crippen molar-refractivity contribution in [2.45, 2.75) is 67.4 Å². The smallest absolute Gasteiger partial charge is 0.277 e. The van der Waals surface area contributed by atoms with Gasteiger partial charge in [-0.15, -0.1) is 10.2 Å². The van der Waals surface area contributed by atoms with Crippen molar-refractivity contribution in [2.24, 2.45) is 0 Å². The van der Waals surface area contributed by atoms with Crippen LogP contribution in [0.3, 0.4) is 0 Å². The highest BCUT2D eigenvalue weighted by Gasteiger charge is 2.30. The van der Waals surface area contributed by atoms with Crippen LogP contribution < -0.4 is 0 Å². The first kappa shape index (κ1) is 20.0. The summed E-state index contributed by atoms with van der Waals surface area (Å²) in [5, 5.41) is 8.80. The number of hydrogen-bond donors (Lipinski definition) is 0. The number of rotatable bonds is 7. The summed E-state index contributed by atoms with van der Waals surface area (Å²) in [6.45, 7) is 4.00. The summed E-state index contributed by atoms with van der Waals surface area (Å²) in [7, 11) is -3.47. The van der Waals surface area contributed by atoms with Crippen molar-refractivity contribution >= 4 is 32.8 Å². The van der Waals surface area contributed by atoms with E-state index >= 15 is 0 Å². The molecule has 0 N–H and O–H groups in total. The molecule has 0 unspecified atom stereocenters. The van der Waals surface area contributed by atoms with Gasteiger partial charge in [-0.3, -0.25) is 0 Å². The van der Waals surface area contributed by atoms with Crippen molar-refractivity contribution < 1.29 is 12.8 Å². The Kier molecular flexibility index (Phi) is 5.32. The highest BCUT2D eigenvalue weighted by molar-refractivity contribution is 7.98. The molecular weight excluding hydrogens is 422 g/mol. The monoisotopic (exact) mass is 447 g/mol. The first-order valence-electron chi connectivity index (χ1n) is 10.5. The number of fused-ring (bicyclic) bond motifs is 1. The summed E-state index contributed by atoms with van der Waals surface area (Å²) in [4.78, 5) is 5.06. The van der Waals surface area contributed by atoms with Crippen LogP contribution in [0.2, 0.25) is 0 Å². The number of hydrogen-bond acceptors (Lipinski definition) is 7. The fraction of sp³-hybridized carbons (Fsp3) is 0.550. The molecule has 2 aliphatic rings. The molecule has 3 aromatic rings. The Morgan fingerprint density at radius 1 is 1.17 bits per heavy atom. The molecule has 1 aromatic carbocycles. The van der Waals surface area contributed by atoms with Gasteiger partial charge in [0.2, 0.25) is 15.9 Å². The number of aryl methyl sites for hydroxylation is 1. The van der Waals surface area contributed by atoms with Gasteiger partial charge in [0.05, 0.1) is 21.7 Å². The van der Waals surface area contributed by atoms with E-state index in [2.05, 4.69) is 21.7 Å². The Morgan fingerprint density at radius 2 is 1.97 bits per heavy atom. The van der Waals surface area contributed by atoms with Crippen LogP contribution in [0.25, 0.3) is 11.0 Å². The van der Waals surface area contributed by atoms with Crippen molar-refractivity contribution in [1.82, 2.24) is 24.1 Å². The Morgan fingerprint density at radius 3 is 2.70 bits per heavy atom. The number of sulfonamides is 1. The first-order chi connectivity index (χ1) is 14.6. The van der Waals surface area contributed by atoms with Gasteiger partial charge in [-0.2, -0.15) is 4.31 Å². The summed E-state index contributed by atoms with van der Waals surface area (Å²) in [6, 6.07) is 5.28. The minimum Gasteiger partial charge on any atom is -0.416 e. The average molecular weight is 448 g/mol. The van der Waals surface area contributed by atoms with Gasteiger partial charge in [-0.1, -0.05) is 18.2 Å². The van der Waals surface area contributed by atoms with Crippen LogP contribution in [0, 0.1) is 0 Å². The molecule has 2 fully saturated rings. The second-order valence-electron chi connectivity index (χ2n) is 7.86. The SMILES string of the molecule is CCn1c(CSc2nnc(C3CC3)o2)nc2cc(S(=O)(=O)N3CCCCC3)ccc21. The number of imidazole rings is 1. The standard InChI is InChI=1S/C20H25N5O3S2/c1-2-25-17-9-8-15(30(26,27)24-10-4-3-5-11-24)12-16(17)21-18(25)13-29-20-23-22-19(28-20)14-6-7-14/h8-9,12,14H,2-7,10-11,13H2,1H3. The molecule has 0 amide bonds. The molecule has 30 heavy (non-hydrogen) atoms. The molecule has 1 saturated carbocycles. The van der Waals surface area contributed by atoms with Gasteiger partial charge in [0, 0.05) is 25.6 Å². The molecule has 2 aromatic heterocycles. The minimum absolute atomic E-state index is 0.322. The Hall–Kier alpha value is -1.91. The van der Waals surface area contributed by atoms with Gasteiger partial charge in [0.25, 0.3) is 5.22 Å². The molecule has 0 atom stereocenters. The zero-order valence-corrected chi connectivity index (χ0v) is 18.6. The third-order valence-corrected chi connectivity index (χ3v) is 8.45. The first-order valence-corrected chi connectivity index (χ1v) is 12.9. The van der Waals surface area contributed by atoms with E-state index in [1.54, 1.807) is 16.4 Å². The van der Waals surface area contributed by atoms with E-state index in [1.165, 1.54) is 11.8 Å². The summed E-state index contributed by atoms with van der Waals surface area (Å²) in [6.07, 6.45) is 5.19. The second-order valence-corrected chi connectivity index (χ2v) is 10.7. The Bertz CT molecular complexity index is 1160. The van der Waals surface area contributed by atoms with Gasteiger partial charge in [-0.25, -0.2) is 13.4 Å². The van der Waals surface area contributed by atoms with Crippen molar-refractivity contribution in [2.75, 3.05) is 13.1 Å². The van der Waals surface area contributed by atoms with Gasteiger partial charge in [0.1, 0.15) is 5.82 Å². The molecule has 1 aliphatic carbocycles. The van der Waals surface area contributed by atoms with Gasteiger partial charge in [-0.05, 0) is 50.8 Å². The number of benzene rings is 1. The second kappa shape index (κ2) is 7.97. The lowest BCUT2D eigenvalue weighted by atomic mass is 10.2. The number of nitrogens with zero attached hydrogens (tertiary/aromatic N) is 5. The van der Waals surface area contributed by atoms with E-state index in [4.69, 9.17) is 9.40 Å². The minimum atomic E-state index is -3.47. The summed E-state index contributed by atoms with van der Waals surface area (Å²) in [5.41, 5.74) is 1.64. The van der Waals surface area contributed by atoms with E-state index in [0.29, 0.717) is 40.4 Å². The average Bonchev–Trinajstić information content (AvgIpc) is 3.40. The summed E-state index contributed by atoms with van der Waals surface area (Å²) in [5.74, 6) is 2.63. The molecule has 1 saturated heterocycles. The summed E-state index contributed by atoms with van der Waals surface area (Å²) < 4.78 is 35.5. The molecule has 0 spiro atoms. The normalized spacial score (nSPS) is 18.3. The van der Waals surface area contributed by atoms with Crippen molar-refractivity contribution in [3.8, 4) is 0 Å². The highest BCUT2D eigenvalue weighted by Crippen LogP contribution is 2.40. The van der Waals surface area contributed by atoms with Crippen LogP contribution in [0.1, 0.15) is 56.7 Å². The highest BCUT2D eigenvalue weighted by atomic mass is 32.2. The lowest BCUT2D eigenvalue weighted by Gasteiger charge is -2.25. The molecule has 8 nitrogen and oxygen atoms in total. The molecule has 10 heteroatoms. The van der Waals surface area contributed by atoms with Crippen LogP contribution in [-0.4, -0.2) is 45.6 Å².